The zero-order chi connectivity index (χ0) is 22.9. The van der Waals surface area contributed by atoms with Crippen LogP contribution in [-0.4, -0.2) is 68.7 Å². The summed E-state index contributed by atoms with van der Waals surface area (Å²) in [6.07, 6.45) is 3.47. The van der Waals surface area contributed by atoms with E-state index in [9.17, 15) is 13.2 Å². The molecule has 1 unspecified atom stereocenters. The number of benzene rings is 1. The van der Waals surface area contributed by atoms with E-state index in [2.05, 4.69) is 45.2 Å². The fraction of sp³-hybridized carbons (Fsp3) is 0.455. The summed E-state index contributed by atoms with van der Waals surface area (Å²) in [5.74, 6) is 0.988. The molecule has 0 aliphatic carbocycles. The molecule has 10 heteroatoms. The SMILES string of the molecule is CC(C)Nc1ccnc(N2CCN(C(=O)C3Cc4cc(NS(C)(=O)=O)ccc4N3)CC2)c1. The average Bonchev–Trinajstić information content (AvgIpc) is 3.15. The first-order valence-corrected chi connectivity index (χ1v) is 12.7. The number of carbonyl (C=O) groups is 1. The number of nitrogens with zero attached hydrogens (tertiary/aromatic N) is 3. The van der Waals surface area contributed by atoms with Gasteiger partial charge < -0.3 is 20.4 Å². The highest BCUT2D eigenvalue weighted by Gasteiger charge is 2.32. The van der Waals surface area contributed by atoms with Gasteiger partial charge in [0, 0.05) is 68.0 Å². The third-order valence-corrected chi connectivity index (χ3v) is 6.18. The van der Waals surface area contributed by atoms with Crippen LogP contribution in [0.4, 0.5) is 22.9 Å². The maximum Gasteiger partial charge on any atom is 0.245 e. The van der Waals surface area contributed by atoms with Gasteiger partial charge in [-0.15, -0.1) is 0 Å². The lowest BCUT2D eigenvalue weighted by Crippen LogP contribution is -2.52. The molecule has 172 valence electrons. The predicted molar refractivity (Wildman–Crippen MR) is 128 cm³/mol. The normalized spacial score (nSPS) is 18.3. The van der Waals surface area contributed by atoms with Crippen molar-refractivity contribution in [1.82, 2.24) is 9.88 Å². The molecule has 2 aliphatic rings. The van der Waals surface area contributed by atoms with Gasteiger partial charge in [-0.2, -0.15) is 0 Å². The molecule has 3 N–H and O–H groups in total. The van der Waals surface area contributed by atoms with Gasteiger partial charge in [-0.1, -0.05) is 0 Å². The Balaban J connectivity index is 1.35. The number of amides is 1. The number of hydrogen-bond donors (Lipinski definition) is 3. The van der Waals surface area contributed by atoms with Crippen molar-refractivity contribution in [3.8, 4) is 0 Å². The topological polar surface area (TPSA) is 107 Å². The van der Waals surface area contributed by atoms with Crippen LogP contribution >= 0.6 is 0 Å². The second-order valence-corrected chi connectivity index (χ2v) is 10.4. The van der Waals surface area contributed by atoms with E-state index in [1.54, 1.807) is 12.1 Å². The van der Waals surface area contributed by atoms with Gasteiger partial charge in [0.15, 0.2) is 0 Å². The molecule has 9 nitrogen and oxygen atoms in total. The quantitative estimate of drug-likeness (QED) is 0.607. The van der Waals surface area contributed by atoms with Crippen LogP contribution in [0.15, 0.2) is 36.5 Å². The molecule has 2 aromatic rings. The highest BCUT2D eigenvalue weighted by Crippen LogP contribution is 2.30. The fourth-order valence-corrected chi connectivity index (χ4v) is 4.73. The van der Waals surface area contributed by atoms with Gasteiger partial charge in [-0.05, 0) is 43.7 Å². The van der Waals surface area contributed by atoms with Crippen molar-refractivity contribution in [2.24, 2.45) is 0 Å². The Kier molecular flexibility index (Phi) is 6.14. The standard InChI is InChI=1S/C22H30N6O3S/c1-15(2)24-17-6-7-23-21(14-17)27-8-10-28(11-9-27)22(29)20-13-16-12-18(26-32(3,30)31)4-5-19(16)25-20/h4-7,12,14-15,20,25-26H,8-11,13H2,1-3H3,(H,23,24). The summed E-state index contributed by atoms with van der Waals surface area (Å²) >= 11 is 0. The lowest BCUT2D eigenvalue weighted by molar-refractivity contribution is -0.132. The molecule has 1 saturated heterocycles. The number of fused-ring (bicyclic) bond motifs is 1. The van der Waals surface area contributed by atoms with Gasteiger partial charge >= 0.3 is 0 Å². The summed E-state index contributed by atoms with van der Waals surface area (Å²) in [6.45, 7) is 6.93. The van der Waals surface area contributed by atoms with Crippen LogP contribution < -0.4 is 20.3 Å². The molecule has 0 spiro atoms. The van der Waals surface area contributed by atoms with Crippen LogP contribution in [0.25, 0.3) is 0 Å². The van der Waals surface area contributed by atoms with Crippen molar-refractivity contribution < 1.29 is 13.2 Å². The van der Waals surface area contributed by atoms with Crippen LogP contribution in [0.3, 0.4) is 0 Å². The molecule has 1 amide bonds. The number of carbonyl (C=O) groups excluding carboxylic acids is 1. The van der Waals surface area contributed by atoms with Crippen molar-refractivity contribution in [3.05, 3.63) is 42.1 Å². The number of sulfonamides is 1. The van der Waals surface area contributed by atoms with E-state index in [1.807, 2.05) is 23.2 Å². The van der Waals surface area contributed by atoms with Crippen LogP contribution in [0.1, 0.15) is 19.4 Å². The van der Waals surface area contributed by atoms with Crippen LogP contribution in [-0.2, 0) is 21.2 Å². The number of aromatic nitrogens is 1. The van der Waals surface area contributed by atoms with Crippen molar-refractivity contribution >= 4 is 38.8 Å². The highest BCUT2D eigenvalue weighted by molar-refractivity contribution is 7.92. The summed E-state index contributed by atoms with van der Waals surface area (Å²) < 4.78 is 25.4. The fourth-order valence-electron chi connectivity index (χ4n) is 4.18. The van der Waals surface area contributed by atoms with Crippen molar-refractivity contribution in [2.45, 2.75) is 32.4 Å². The maximum atomic E-state index is 13.1. The number of hydrogen-bond acceptors (Lipinski definition) is 7. The third kappa shape index (κ3) is 5.24. The van der Waals surface area contributed by atoms with Gasteiger partial charge in [0.2, 0.25) is 15.9 Å². The summed E-state index contributed by atoms with van der Waals surface area (Å²) in [4.78, 5) is 21.7. The van der Waals surface area contributed by atoms with Crippen molar-refractivity contribution in [1.29, 1.82) is 0 Å². The number of rotatable bonds is 6. The minimum absolute atomic E-state index is 0.0710. The van der Waals surface area contributed by atoms with E-state index < -0.39 is 10.0 Å². The Labute approximate surface area is 189 Å². The largest absolute Gasteiger partial charge is 0.383 e. The number of piperazine rings is 1. The van der Waals surface area contributed by atoms with E-state index >= 15 is 0 Å². The minimum Gasteiger partial charge on any atom is -0.383 e. The van der Waals surface area contributed by atoms with Gasteiger partial charge in [-0.25, -0.2) is 13.4 Å². The van der Waals surface area contributed by atoms with Crippen LogP contribution in [0.5, 0.6) is 0 Å². The van der Waals surface area contributed by atoms with Gasteiger partial charge in [0.1, 0.15) is 11.9 Å². The van der Waals surface area contributed by atoms with E-state index in [0.29, 0.717) is 31.2 Å². The molecule has 1 atom stereocenters. The lowest BCUT2D eigenvalue weighted by Gasteiger charge is -2.36. The smallest absolute Gasteiger partial charge is 0.245 e. The number of nitrogens with one attached hydrogen (secondary N) is 3. The number of pyridine rings is 1. The molecule has 32 heavy (non-hydrogen) atoms. The maximum absolute atomic E-state index is 13.1. The van der Waals surface area contributed by atoms with E-state index in [-0.39, 0.29) is 11.9 Å². The molecular weight excluding hydrogens is 428 g/mol. The van der Waals surface area contributed by atoms with E-state index in [1.165, 1.54) is 0 Å². The lowest BCUT2D eigenvalue weighted by atomic mass is 10.1. The van der Waals surface area contributed by atoms with Crippen molar-refractivity contribution in [3.63, 3.8) is 0 Å². The molecule has 1 aromatic carbocycles. The summed E-state index contributed by atoms with van der Waals surface area (Å²) in [6, 6.07) is 9.34. The van der Waals surface area contributed by atoms with Gasteiger partial charge in [0.05, 0.1) is 6.26 Å². The Morgan fingerprint density at radius 2 is 1.88 bits per heavy atom. The molecule has 1 fully saturated rings. The molecule has 0 bridgehead atoms. The molecule has 2 aliphatic heterocycles. The van der Waals surface area contributed by atoms with E-state index in [4.69, 9.17) is 0 Å². The minimum atomic E-state index is -3.34. The predicted octanol–water partition coefficient (Wildman–Crippen LogP) is 1.96. The Bertz CT molecular complexity index is 1100. The molecule has 0 radical (unpaired) electrons. The van der Waals surface area contributed by atoms with Gasteiger partial charge in [0.25, 0.3) is 0 Å². The summed E-state index contributed by atoms with van der Waals surface area (Å²) in [7, 11) is -3.34. The Morgan fingerprint density at radius 1 is 1.12 bits per heavy atom. The van der Waals surface area contributed by atoms with Gasteiger partial charge in [-0.3, -0.25) is 9.52 Å². The van der Waals surface area contributed by atoms with Crippen LogP contribution in [0.2, 0.25) is 0 Å². The number of anilines is 4. The van der Waals surface area contributed by atoms with Crippen LogP contribution in [0, 0.1) is 0 Å². The van der Waals surface area contributed by atoms with Crippen molar-refractivity contribution in [2.75, 3.05) is 52.7 Å². The Morgan fingerprint density at radius 3 is 2.56 bits per heavy atom. The zero-order valence-corrected chi connectivity index (χ0v) is 19.4. The zero-order valence-electron chi connectivity index (χ0n) is 18.6. The third-order valence-electron chi connectivity index (χ3n) is 5.58. The van der Waals surface area contributed by atoms with E-state index in [0.717, 1.165) is 42.1 Å². The first kappa shape index (κ1) is 22.2. The summed E-state index contributed by atoms with van der Waals surface area (Å²) in [5.41, 5.74) is 3.37. The first-order valence-electron chi connectivity index (χ1n) is 10.8. The first-order chi connectivity index (χ1) is 15.2. The second-order valence-electron chi connectivity index (χ2n) is 8.66. The second kappa shape index (κ2) is 8.85. The molecule has 3 heterocycles. The molecular formula is C22H30N6O3S. The highest BCUT2D eigenvalue weighted by atomic mass is 32.2. The monoisotopic (exact) mass is 458 g/mol. The molecule has 4 rings (SSSR count). The molecule has 0 saturated carbocycles. The molecule has 1 aromatic heterocycles. The summed E-state index contributed by atoms with van der Waals surface area (Å²) in [5, 5.41) is 6.68. The average molecular weight is 459 g/mol. The Hall–Kier alpha value is -3.01.